The van der Waals surface area contributed by atoms with E-state index in [0.29, 0.717) is 53.1 Å². The van der Waals surface area contributed by atoms with E-state index in [1.165, 1.54) is 6.92 Å². The second-order valence-electron chi connectivity index (χ2n) is 14.5. The van der Waals surface area contributed by atoms with Crippen molar-refractivity contribution >= 4 is 56.2 Å². The highest BCUT2D eigenvalue weighted by Gasteiger charge is 2.72. The third kappa shape index (κ3) is 6.45. The molecule has 3 amide bonds. The molecule has 1 aliphatic carbocycles. The van der Waals surface area contributed by atoms with E-state index in [1.54, 1.807) is 22.0 Å². The average Bonchev–Trinajstić information content (AvgIpc) is 3.35. The summed E-state index contributed by atoms with van der Waals surface area (Å²) < 4.78 is 2.26. The molecular formula is C38H43BrN8O4. The molecule has 1 saturated heterocycles. The molecule has 0 spiro atoms. The molecule has 2 aliphatic heterocycles. The van der Waals surface area contributed by atoms with E-state index in [9.17, 15) is 19.2 Å². The molecule has 2 fully saturated rings. The summed E-state index contributed by atoms with van der Waals surface area (Å²) in [6.07, 6.45) is 8.54. The van der Waals surface area contributed by atoms with Gasteiger partial charge in [-0.15, -0.1) is 0 Å². The topological polar surface area (TPSA) is 152 Å². The van der Waals surface area contributed by atoms with E-state index in [0.717, 1.165) is 59.0 Å². The Balaban J connectivity index is 1.31. The monoisotopic (exact) mass is 754 g/mol. The maximum Gasteiger partial charge on any atom is 0.248 e. The Hall–Kier alpha value is -4.52. The summed E-state index contributed by atoms with van der Waals surface area (Å²) in [7, 11) is 0. The third-order valence-corrected chi connectivity index (χ3v) is 11.7. The largest absolute Gasteiger partial charge is 0.355 e. The molecule has 2 bridgehead atoms. The summed E-state index contributed by atoms with van der Waals surface area (Å²) in [6, 6.07) is 4.89. The van der Waals surface area contributed by atoms with Crippen LogP contribution in [-0.2, 0) is 27.3 Å². The fraction of sp³-hybridized carbons (Fsp3) is 0.474. The lowest BCUT2D eigenvalue weighted by Crippen LogP contribution is -2.47. The molecule has 13 heteroatoms. The van der Waals surface area contributed by atoms with Gasteiger partial charge in [0.1, 0.15) is 34.5 Å². The van der Waals surface area contributed by atoms with Crippen LogP contribution in [-0.4, -0.2) is 71.8 Å². The van der Waals surface area contributed by atoms with Crippen molar-refractivity contribution in [2.24, 2.45) is 11.3 Å². The molecule has 4 atom stereocenters. The minimum absolute atomic E-state index is 0.00613. The number of nitrogens with zero attached hydrogens (tertiary/aromatic N) is 6. The Morgan fingerprint density at radius 3 is 2.45 bits per heavy atom. The van der Waals surface area contributed by atoms with Gasteiger partial charge < -0.3 is 15.5 Å². The molecule has 1 unspecified atom stereocenters. The zero-order valence-corrected chi connectivity index (χ0v) is 31.3. The van der Waals surface area contributed by atoms with Crippen LogP contribution in [0.25, 0.3) is 22.0 Å². The Morgan fingerprint density at radius 1 is 1.00 bits per heavy atom. The van der Waals surface area contributed by atoms with E-state index in [-0.39, 0.29) is 42.0 Å². The first-order valence-corrected chi connectivity index (χ1v) is 18.5. The van der Waals surface area contributed by atoms with Gasteiger partial charge in [0.05, 0.1) is 5.52 Å². The van der Waals surface area contributed by atoms with Crippen molar-refractivity contribution in [3.05, 3.63) is 63.4 Å². The number of aromatic nitrogens is 5. The van der Waals surface area contributed by atoms with Crippen molar-refractivity contribution < 1.29 is 19.2 Å². The summed E-state index contributed by atoms with van der Waals surface area (Å²) in [5, 5.41) is 11.6. The minimum atomic E-state index is -0.781. The lowest BCUT2D eigenvalue weighted by Gasteiger charge is -2.28. The van der Waals surface area contributed by atoms with Crippen molar-refractivity contribution in [2.45, 2.75) is 98.2 Å². The van der Waals surface area contributed by atoms with E-state index in [2.05, 4.69) is 54.5 Å². The molecule has 0 radical (unpaired) electrons. The number of carbonyl (C=O) groups excluding carboxylic acids is 4. The van der Waals surface area contributed by atoms with Gasteiger partial charge in [0.15, 0.2) is 5.78 Å². The standard InChI is InChI=1S/C38H43BrN8O4/c1-20-12-30(39)43-36(21(20)2)44-37(51)29-15-38-19-42-31(49)11-9-7-6-8-10-25-13-26(27-16-40-24(5)41-17-27)14-28-33(23(4)48)45-46(34(25)28)18-32(50)47(29)35(38)22(38)3/h12-14,16-17,22,29,35H,6-11,15,18-19H2,1-5H3,(H,42,49)(H,43,44,51)/t22-,29-,35?,38+/m0/s1. The van der Waals surface area contributed by atoms with Crippen LogP contribution in [0.15, 0.2) is 35.2 Å². The number of aryl methyl sites for hydroxylation is 3. The van der Waals surface area contributed by atoms with Crippen LogP contribution < -0.4 is 10.6 Å². The predicted octanol–water partition coefficient (Wildman–Crippen LogP) is 5.65. The number of halogens is 1. The minimum Gasteiger partial charge on any atom is -0.355 e. The lowest BCUT2D eigenvalue weighted by molar-refractivity contribution is -0.139. The second-order valence-corrected chi connectivity index (χ2v) is 15.3. The first-order chi connectivity index (χ1) is 24.4. The summed E-state index contributed by atoms with van der Waals surface area (Å²) in [6.45, 7) is 9.50. The molecule has 4 aromatic rings. The Morgan fingerprint density at radius 2 is 1.73 bits per heavy atom. The number of amides is 3. The highest BCUT2D eigenvalue weighted by atomic mass is 79.9. The highest BCUT2D eigenvalue weighted by molar-refractivity contribution is 9.10. The fourth-order valence-electron chi connectivity index (χ4n) is 8.25. The number of hydrogen-bond acceptors (Lipinski definition) is 8. The fourth-order valence-corrected chi connectivity index (χ4v) is 8.77. The maximum absolute atomic E-state index is 14.6. The van der Waals surface area contributed by atoms with Crippen LogP contribution in [0.2, 0.25) is 0 Å². The summed E-state index contributed by atoms with van der Waals surface area (Å²) in [5.74, 6) is 0.383. The lowest BCUT2D eigenvalue weighted by atomic mass is 9.95. The quantitative estimate of drug-likeness (QED) is 0.201. The Kier molecular flexibility index (Phi) is 9.28. The van der Waals surface area contributed by atoms with Gasteiger partial charge >= 0.3 is 0 Å². The molecule has 2 N–H and O–H groups in total. The Bertz CT molecular complexity index is 2080. The van der Waals surface area contributed by atoms with Crippen molar-refractivity contribution in [1.82, 2.24) is 34.9 Å². The second kappa shape index (κ2) is 13.6. The summed E-state index contributed by atoms with van der Waals surface area (Å²) in [5.41, 5.74) is 5.08. The van der Waals surface area contributed by atoms with Gasteiger partial charge in [-0.1, -0.05) is 19.8 Å². The van der Waals surface area contributed by atoms with Crippen LogP contribution >= 0.6 is 15.9 Å². The number of ketones is 1. The third-order valence-electron chi connectivity index (χ3n) is 11.3. The first-order valence-electron chi connectivity index (χ1n) is 17.7. The van der Waals surface area contributed by atoms with Gasteiger partial charge in [0.25, 0.3) is 0 Å². The van der Waals surface area contributed by atoms with Crippen LogP contribution in [0.5, 0.6) is 0 Å². The van der Waals surface area contributed by atoms with Gasteiger partial charge in [0, 0.05) is 54.7 Å². The molecular weight excluding hydrogens is 712 g/mol. The zero-order valence-electron chi connectivity index (χ0n) is 29.7. The van der Waals surface area contributed by atoms with Gasteiger partial charge in [-0.25, -0.2) is 15.0 Å². The van der Waals surface area contributed by atoms with Crippen molar-refractivity contribution in [3.8, 4) is 11.1 Å². The molecule has 51 heavy (non-hydrogen) atoms. The van der Waals surface area contributed by atoms with Crippen LogP contribution in [0.3, 0.4) is 0 Å². The molecule has 3 aliphatic rings. The number of anilines is 1. The van der Waals surface area contributed by atoms with E-state index in [1.807, 2.05) is 32.9 Å². The molecule has 3 aromatic heterocycles. The van der Waals surface area contributed by atoms with Gasteiger partial charge in [-0.2, -0.15) is 5.10 Å². The number of rotatable bonds is 4. The van der Waals surface area contributed by atoms with E-state index in [4.69, 9.17) is 5.10 Å². The number of hydrogen-bond donors (Lipinski definition) is 2. The smallest absolute Gasteiger partial charge is 0.248 e. The molecule has 5 heterocycles. The number of nitrogens with one attached hydrogen (secondary N) is 2. The average molecular weight is 756 g/mol. The molecule has 7 rings (SSSR count). The number of Topliss-reactive ketones (excluding diaryl/α,β-unsaturated/α-hetero) is 1. The normalized spacial score (nSPS) is 23.8. The number of carbonyl (C=O) groups is 4. The maximum atomic E-state index is 14.6. The van der Waals surface area contributed by atoms with Crippen molar-refractivity contribution in [3.63, 3.8) is 0 Å². The van der Waals surface area contributed by atoms with Gasteiger partial charge in [-0.05, 0) is 109 Å². The SMILES string of the molecule is CC(=O)c1nn2c3c(cc(-c4cnc(C)nc4)cc13)CCCCCCC(=O)NC[C@@]13C[C@@H](C(=O)Nc4nc(Br)cc(C)c4C)N(C(=O)C2)C1[C@@H]3C. The Labute approximate surface area is 305 Å². The number of pyridine rings is 1. The van der Waals surface area contributed by atoms with E-state index >= 15 is 0 Å². The highest BCUT2D eigenvalue weighted by Crippen LogP contribution is 2.64. The molecule has 266 valence electrons. The summed E-state index contributed by atoms with van der Waals surface area (Å²) >= 11 is 3.44. The zero-order chi connectivity index (χ0) is 36.2. The van der Waals surface area contributed by atoms with Crippen molar-refractivity contribution in [1.29, 1.82) is 0 Å². The molecule has 12 nitrogen and oxygen atoms in total. The number of benzene rings is 1. The summed E-state index contributed by atoms with van der Waals surface area (Å²) in [4.78, 5) is 69.8. The molecule has 1 aromatic carbocycles. The number of piperidine rings is 1. The van der Waals surface area contributed by atoms with Crippen LogP contribution in [0.4, 0.5) is 5.82 Å². The van der Waals surface area contributed by atoms with Crippen LogP contribution in [0.1, 0.15) is 85.4 Å². The first kappa shape index (κ1) is 34.9. The van der Waals surface area contributed by atoms with Crippen molar-refractivity contribution in [2.75, 3.05) is 11.9 Å². The molecule has 1 saturated carbocycles. The van der Waals surface area contributed by atoms with Crippen LogP contribution in [0, 0.1) is 32.1 Å². The van der Waals surface area contributed by atoms with Gasteiger partial charge in [-0.3, -0.25) is 23.9 Å². The van der Waals surface area contributed by atoms with E-state index < -0.39 is 11.5 Å². The van der Waals surface area contributed by atoms with Gasteiger partial charge in [0.2, 0.25) is 17.7 Å². The predicted molar refractivity (Wildman–Crippen MR) is 196 cm³/mol.